The number of benzene rings is 1. The summed E-state index contributed by atoms with van der Waals surface area (Å²) in [6.45, 7) is 0.382. The molecule has 7 heteroatoms. The number of carbonyl (C=O) groups excluding carboxylic acids is 1. The molecular formula is C18H19FN4O2. The van der Waals surface area contributed by atoms with E-state index >= 15 is 0 Å². The van der Waals surface area contributed by atoms with Gasteiger partial charge in [0.05, 0.1) is 18.5 Å². The predicted molar refractivity (Wildman–Crippen MR) is 92.3 cm³/mol. The topological polar surface area (TPSA) is 68.5 Å². The fourth-order valence-electron chi connectivity index (χ4n) is 2.51. The quantitative estimate of drug-likeness (QED) is 0.817. The smallest absolute Gasteiger partial charge is 0.244 e. The van der Waals surface area contributed by atoms with Crippen molar-refractivity contribution in [2.45, 2.75) is 18.9 Å². The molecular weight excluding hydrogens is 323 g/mol. The summed E-state index contributed by atoms with van der Waals surface area (Å²) in [5, 5.41) is 10.9. The maximum atomic E-state index is 12.9. The molecule has 0 fully saturated rings. The van der Waals surface area contributed by atoms with Gasteiger partial charge in [-0.1, -0.05) is 17.3 Å². The minimum Gasteiger partial charge on any atom is -0.390 e. The molecule has 1 N–H and O–H groups in total. The molecule has 0 saturated heterocycles. The third-order valence-electron chi connectivity index (χ3n) is 3.77. The van der Waals surface area contributed by atoms with Gasteiger partial charge < -0.3 is 10.2 Å². The number of hydrogen-bond acceptors (Lipinski definition) is 4. The van der Waals surface area contributed by atoms with Crippen molar-refractivity contribution in [3.63, 3.8) is 0 Å². The maximum absolute atomic E-state index is 12.9. The Kier molecular flexibility index (Phi) is 5.23. The Morgan fingerprint density at radius 2 is 2.24 bits per heavy atom. The van der Waals surface area contributed by atoms with Crippen LogP contribution in [0.2, 0.25) is 0 Å². The van der Waals surface area contributed by atoms with Gasteiger partial charge in [0.1, 0.15) is 11.9 Å². The van der Waals surface area contributed by atoms with Gasteiger partial charge in [0.15, 0.2) is 0 Å². The van der Waals surface area contributed by atoms with Crippen LogP contribution in [0.1, 0.15) is 17.5 Å². The molecule has 2 aromatic rings. The molecule has 0 bridgehead atoms. The standard InChI is InChI=1S/C18H19FN4O2/c1-23-12-14(10-21-23)4-7-18(24)20-11-17-9-16(22-25-17)8-13-2-5-15(19)6-3-13/h2-7,10,12,17H,8-9,11H2,1H3,(H,20,24)/b7-4+/t17-/m0/s1. The van der Waals surface area contributed by atoms with Crippen LogP contribution in [0, 0.1) is 5.82 Å². The Balaban J connectivity index is 1.41. The van der Waals surface area contributed by atoms with Gasteiger partial charge in [-0.3, -0.25) is 9.48 Å². The lowest BCUT2D eigenvalue weighted by atomic mass is 10.0. The third kappa shape index (κ3) is 5.00. The van der Waals surface area contributed by atoms with Gasteiger partial charge in [-0.15, -0.1) is 0 Å². The molecule has 1 aromatic heterocycles. The fourth-order valence-corrected chi connectivity index (χ4v) is 2.51. The molecule has 130 valence electrons. The van der Waals surface area contributed by atoms with E-state index in [9.17, 15) is 9.18 Å². The summed E-state index contributed by atoms with van der Waals surface area (Å²) >= 11 is 0. The van der Waals surface area contributed by atoms with Gasteiger partial charge in [-0.25, -0.2) is 4.39 Å². The molecule has 0 spiro atoms. The average Bonchev–Trinajstić information content (AvgIpc) is 3.22. The number of oxime groups is 1. The summed E-state index contributed by atoms with van der Waals surface area (Å²) in [7, 11) is 1.82. The summed E-state index contributed by atoms with van der Waals surface area (Å²) < 4.78 is 14.6. The van der Waals surface area contributed by atoms with Gasteiger partial charge in [-0.2, -0.15) is 5.10 Å². The first kappa shape index (κ1) is 16.9. The molecule has 25 heavy (non-hydrogen) atoms. The van der Waals surface area contributed by atoms with Crippen LogP contribution < -0.4 is 5.32 Å². The van der Waals surface area contributed by atoms with Crippen LogP contribution >= 0.6 is 0 Å². The van der Waals surface area contributed by atoms with E-state index in [4.69, 9.17) is 4.84 Å². The van der Waals surface area contributed by atoms with E-state index in [1.165, 1.54) is 18.2 Å². The molecule has 0 saturated carbocycles. The van der Waals surface area contributed by atoms with Crippen molar-refractivity contribution in [3.8, 4) is 0 Å². The Bertz CT molecular complexity index is 796. The van der Waals surface area contributed by atoms with Crippen molar-refractivity contribution in [1.29, 1.82) is 0 Å². The lowest BCUT2D eigenvalue weighted by Crippen LogP contribution is -2.31. The molecule has 2 heterocycles. The van der Waals surface area contributed by atoms with E-state index in [-0.39, 0.29) is 17.8 Å². The van der Waals surface area contributed by atoms with Crippen molar-refractivity contribution in [2.75, 3.05) is 6.54 Å². The number of carbonyl (C=O) groups is 1. The fraction of sp³-hybridized carbons (Fsp3) is 0.278. The first-order valence-electron chi connectivity index (χ1n) is 7.99. The zero-order chi connectivity index (χ0) is 17.6. The summed E-state index contributed by atoms with van der Waals surface area (Å²) in [5.41, 5.74) is 2.73. The molecule has 1 atom stereocenters. The summed E-state index contributed by atoms with van der Waals surface area (Å²) in [6.07, 6.45) is 7.75. The number of halogens is 1. The van der Waals surface area contributed by atoms with Crippen LogP contribution in [0.5, 0.6) is 0 Å². The Morgan fingerprint density at radius 1 is 1.44 bits per heavy atom. The molecule has 3 rings (SSSR count). The van der Waals surface area contributed by atoms with E-state index in [0.29, 0.717) is 19.4 Å². The number of hydrogen-bond donors (Lipinski definition) is 1. The van der Waals surface area contributed by atoms with Crippen molar-refractivity contribution in [2.24, 2.45) is 12.2 Å². The molecule has 0 unspecified atom stereocenters. The van der Waals surface area contributed by atoms with Crippen LogP contribution in [-0.4, -0.2) is 34.0 Å². The second-order valence-corrected chi connectivity index (χ2v) is 5.92. The van der Waals surface area contributed by atoms with Crippen LogP contribution in [0.4, 0.5) is 4.39 Å². The van der Waals surface area contributed by atoms with Crippen molar-refractivity contribution in [1.82, 2.24) is 15.1 Å². The first-order chi connectivity index (χ1) is 12.1. The number of rotatable bonds is 6. The Labute approximate surface area is 145 Å². The Hall–Kier alpha value is -2.96. The van der Waals surface area contributed by atoms with Gasteiger partial charge in [0.25, 0.3) is 0 Å². The first-order valence-corrected chi connectivity index (χ1v) is 7.99. The number of nitrogens with zero attached hydrogens (tertiary/aromatic N) is 3. The van der Waals surface area contributed by atoms with E-state index in [0.717, 1.165) is 16.8 Å². The SMILES string of the molecule is Cn1cc(/C=C/C(=O)NC[C@@H]2CC(Cc3ccc(F)cc3)=NO2)cn1. The molecule has 6 nitrogen and oxygen atoms in total. The summed E-state index contributed by atoms with van der Waals surface area (Å²) in [4.78, 5) is 17.2. The highest BCUT2D eigenvalue weighted by Gasteiger charge is 2.21. The van der Waals surface area contributed by atoms with Gasteiger partial charge in [0, 0.05) is 37.7 Å². The van der Waals surface area contributed by atoms with Crippen molar-refractivity contribution in [3.05, 3.63) is 59.7 Å². The van der Waals surface area contributed by atoms with Crippen LogP contribution in [0.15, 0.2) is 47.9 Å². The summed E-state index contributed by atoms with van der Waals surface area (Å²) in [6, 6.07) is 6.32. The van der Waals surface area contributed by atoms with Crippen molar-refractivity contribution >= 4 is 17.7 Å². The molecule has 1 aliphatic rings. The molecule has 1 aliphatic heterocycles. The van der Waals surface area contributed by atoms with Gasteiger partial charge in [0.2, 0.25) is 5.91 Å². The monoisotopic (exact) mass is 342 g/mol. The second kappa shape index (κ2) is 7.74. The van der Waals surface area contributed by atoms with Crippen LogP contribution in [0.3, 0.4) is 0 Å². The zero-order valence-corrected chi connectivity index (χ0v) is 13.9. The molecule has 1 amide bonds. The van der Waals surface area contributed by atoms with Crippen LogP contribution in [-0.2, 0) is 23.1 Å². The van der Waals surface area contributed by atoms with E-state index < -0.39 is 0 Å². The highest BCUT2D eigenvalue weighted by molar-refractivity contribution is 5.92. The zero-order valence-electron chi connectivity index (χ0n) is 13.9. The van der Waals surface area contributed by atoms with E-state index in [1.54, 1.807) is 29.1 Å². The number of aromatic nitrogens is 2. The Morgan fingerprint density at radius 3 is 2.96 bits per heavy atom. The third-order valence-corrected chi connectivity index (χ3v) is 3.77. The minimum absolute atomic E-state index is 0.175. The highest BCUT2D eigenvalue weighted by atomic mass is 19.1. The van der Waals surface area contributed by atoms with Crippen molar-refractivity contribution < 1.29 is 14.0 Å². The number of nitrogens with one attached hydrogen (secondary N) is 1. The second-order valence-electron chi connectivity index (χ2n) is 5.92. The van der Waals surface area contributed by atoms with Crippen LogP contribution in [0.25, 0.3) is 6.08 Å². The minimum atomic E-state index is -0.256. The highest BCUT2D eigenvalue weighted by Crippen LogP contribution is 2.14. The van der Waals surface area contributed by atoms with E-state index in [1.807, 2.05) is 13.2 Å². The number of amides is 1. The maximum Gasteiger partial charge on any atom is 0.244 e. The molecule has 1 aromatic carbocycles. The average molecular weight is 342 g/mol. The van der Waals surface area contributed by atoms with Gasteiger partial charge >= 0.3 is 0 Å². The molecule has 0 radical (unpaired) electrons. The van der Waals surface area contributed by atoms with Gasteiger partial charge in [-0.05, 0) is 23.8 Å². The predicted octanol–water partition coefficient (Wildman–Crippen LogP) is 2.08. The summed E-state index contributed by atoms with van der Waals surface area (Å²) in [5.74, 6) is -0.451. The number of aryl methyl sites for hydroxylation is 1. The normalized spacial score (nSPS) is 16.7. The van der Waals surface area contributed by atoms with E-state index in [2.05, 4.69) is 15.6 Å². The molecule has 0 aliphatic carbocycles. The lowest BCUT2D eigenvalue weighted by molar-refractivity contribution is -0.117. The lowest BCUT2D eigenvalue weighted by Gasteiger charge is -2.08. The largest absolute Gasteiger partial charge is 0.390 e.